The average Bonchev–Trinajstić information content (AvgIpc) is 3.16. The predicted molar refractivity (Wildman–Crippen MR) is 84.7 cm³/mol. The molecule has 0 unspecified atom stereocenters. The van der Waals surface area contributed by atoms with Gasteiger partial charge in [0.1, 0.15) is 5.69 Å². The first kappa shape index (κ1) is 15.9. The van der Waals surface area contributed by atoms with Gasteiger partial charge in [0.05, 0.1) is 18.1 Å². The van der Waals surface area contributed by atoms with Gasteiger partial charge in [-0.1, -0.05) is 75.6 Å². The summed E-state index contributed by atoms with van der Waals surface area (Å²) >= 11 is 17.8. The standard InChI is InChI=1S/C13H9Cl3N6O/c14-13(15,16)11-10(8-9-4-2-1-3-5-9)22(20-18-11)12(23)21-7-6-17-19-21/h1-7H,8H2. The molecule has 2 heterocycles. The Bertz CT molecular complexity index is 810. The van der Waals surface area contributed by atoms with E-state index in [2.05, 4.69) is 20.6 Å². The first-order valence-electron chi connectivity index (χ1n) is 6.43. The first-order chi connectivity index (χ1) is 11.0. The molecular formula is C13H9Cl3N6O. The van der Waals surface area contributed by atoms with Gasteiger partial charge in [-0.2, -0.15) is 9.36 Å². The Kier molecular flexibility index (Phi) is 4.34. The summed E-state index contributed by atoms with van der Waals surface area (Å²) in [4.78, 5) is 12.5. The lowest BCUT2D eigenvalue weighted by Crippen LogP contribution is -2.24. The van der Waals surface area contributed by atoms with E-state index < -0.39 is 9.82 Å². The summed E-state index contributed by atoms with van der Waals surface area (Å²) in [6.07, 6.45) is 3.09. The van der Waals surface area contributed by atoms with E-state index >= 15 is 0 Å². The van der Waals surface area contributed by atoms with Gasteiger partial charge in [-0.3, -0.25) is 0 Å². The van der Waals surface area contributed by atoms with Crippen LogP contribution in [0.5, 0.6) is 0 Å². The third-order valence-corrected chi connectivity index (χ3v) is 3.58. The maximum Gasteiger partial charge on any atom is 0.372 e. The highest BCUT2D eigenvalue weighted by Crippen LogP contribution is 2.39. The normalized spacial score (nSPS) is 11.6. The van der Waals surface area contributed by atoms with Gasteiger partial charge in [-0.25, -0.2) is 4.79 Å². The van der Waals surface area contributed by atoms with Gasteiger partial charge in [0.25, 0.3) is 0 Å². The first-order valence-corrected chi connectivity index (χ1v) is 7.57. The molecule has 0 amide bonds. The molecule has 0 radical (unpaired) electrons. The van der Waals surface area contributed by atoms with E-state index in [9.17, 15) is 4.79 Å². The fourth-order valence-electron chi connectivity index (χ4n) is 2.03. The van der Waals surface area contributed by atoms with Crippen molar-refractivity contribution in [3.63, 3.8) is 0 Å². The molecule has 0 atom stereocenters. The van der Waals surface area contributed by atoms with Crippen LogP contribution in [0.1, 0.15) is 17.0 Å². The molecule has 0 N–H and O–H groups in total. The van der Waals surface area contributed by atoms with Crippen molar-refractivity contribution >= 4 is 40.8 Å². The van der Waals surface area contributed by atoms with Gasteiger partial charge in [-0.05, 0) is 5.56 Å². The summed E-state index contributed by atoms with van der Waals surface area (Å²) in [5.41, 5.74) is 1.38. The van der Waals surface area contributed by atoms with E-state index in [-0.39, 0.29) is 5.69 Å². The molecule has 0 saturated carbocycles. The fourth-order valence-corrected chi connectivity index (χ4v) is 2.47. The molecule has 0 saturated heterocycles. The minimum Gasteiger partial charge on any atom is -0.243 e. The summed E-state index contributed by atoms with van der Waals surface area (Å²) in [6, 6.07) is 8.84. The summed E-state index contributed by atoms with van der Waals surface area (Å²) in [5, 5.41) is 14.9. The Balaban J connectivity index is 2.06. The summed E-state index contributed by atoms with van der Waals surface area (Å²) in [7, 11) is 0. The number of halogens is 3. The Morgan fingerprint density at radius 2 is 1.87 bits per heavy atom. The topological polar surface area (TPSA) is 78.5 Å². The van der Waals surface area contributed by atoms with E-state index in [0.717, 1.165) is 14.9 Å². The number of nitrogens with zero attached hydrogens (tertiary/aromatic N) is 6. The van der Waals surface area contributed by atoms with Crippen LogP contribution in [0.3, 0.4) is 0 Å². The number of hydrogen-bond acceptors (Lipinski definition) is 5. The van der Waals surface area contributed by atoms with Gasteiger partial charge in [-0.15, -0.1) is 10.2 Å². The van der Waals surface area contributed by atoms with Crippen LogP contribution >= 0.6 is 34.8 Å². The monoisotopic (exact) mass is 370 g/mol. The molecule has 0 aliphatic rings. The van der Waals surface area contributed by atoms with E-state index in [1.54, 1.807) is 0 Å². The van der Waals surface area contributed by atoms with Gasteiger partial charge in [0.15, 0.2) is 0 Å². The number of aromatic nitrogens is 6. The molecule has 3 rings (SSSR count). The van der Waals surface area contributed by atoms with Crippen LogP contribution < -0.4 is 0 Å². The van der Waals surface area contributed by atoms with Crippen molar-refractivity contribution in [3.8, 4) is 0 Å². The number of carbonyl (C=O) groups excluding carboxylic acids is 1. The van der Waals surface area contributed by atoms with Gasteiger partial charge in [0.2, 0.25) is 3.79 Å². The van der Waals surface area contributed by atoms with E-state index in [1.165, 1.54) is 12.4 Å². The molecule has 1 aromatic carbocycles. The highest BCUT2D eigenvalue weighted by Gasteiger charge is 2.33. The second kappa shape index (κ2) is 6.27. The quantitative estimate of drug-likeness (QED) is 0.647. The Morgan fingerprint density at radius 3 is 2.48 bits per heavy atom. The zero-order valence-electron chi connectivity index (χ0n) is 11.5. The molecule has 23 heavy (non-hydrogen) atoms. The second-order valence-electron chi connectivity index (χ2n) is 4.59. The highest BCUT2D eigenvalue weighted by molar-refractivity contribution is 6.66. The maximum absolute atomic E-state index is 12.5. The Morgan fingerprint density at radius 1 is 1.13 bits per heavy atom. The summed E-state index contributed by atoms with van der Waals surface area (Å²) in [6.45, 7) is 0. The molecule has 0 aliphatic carbocycles. The average molecular weight is 372 g/mol. The Hall–Kier alpha value is -1.96. The SMILES string of the molecule is O=C(n1ccnn1)n1nnc(C(Cl)(Cl)Cl)c1Cc1ccccc1. The van der Waals surface area contributed by atoms with Crippen molar-refractivity contribution < 1.29 is 4.79 Å². The lowest BCUT2D eigenvalue weighted by molar-refractivity contribution is 0.236. The van der Waals surface area contributed by atoms with Crippen LogP contribution in [0.15, 0.2) is 42.7 Å². The molecule has 0 spiro atoms. The number of carbonyl (C=O) groups is 1. The molecule has 7 nitrogen and oxygen atoms in total. The van der Waals surface area contributed by atoms with Crippen LogP contribution in [0.25, 0.3) is 0 Å². The molecule has 0 aliphatic heterocycles. The van der Waals surface area contributed by atoms with Crippen molar-refractivity contribution in [2.75, 3.05) is 0 Å². The highest BCUT2D eigenvalue weighted by atomic mass is 35.6. The van der Waals surface area contributed by atoms with Crippen molar-refractivity contribution in [1.29, 1.82) is 0 Å². The number of benzene rings is 1. The number of alkyl halides is 3. The molecular weight excluding hydrogens is 363 g/mol. The minimum absolute atomic E-state index is 0.0971. The van der Waals surface area contributed by atoms with Crippen molar-refractivity contribution in [2.45, 2.75) is 10.2 Å². The van der Waals surface area contributed by atoms with E-state index in [0.29, 0.717) is 12.1 Å². The predicted octanol–water partition coefficient (Wildman–Crippen LogP) is 2.80. The molecule has 118 valence electrons. The van der Waals surface area contributed by atoms with Crippen molar-refractivity contribution in [3.05, 3.63) is 59.7 Å². The Labute approximate surface area is 145 Å². The minimum atomic E-state index is -1.80. The molecule has 0 bridgehead atoms. The van der Waals surface area contributed by atoms with Gasteiger partial charge < -0.3 is 0 Å². The molecule has 0 fully saturated rings. The van der Waals surface area contributed by atoms with Crippen LogP contribution in [0.4, 0.5) is 4.79 Å². The third kappa shape index (κ3) is 3.36. The third-order valence-electron chi connectivity index (χ3n) is 3.05. The summed E-state index contributed by atoms with van der Waals surface area (Å²) in [5.74, 6) is 0. The summed E-state index contributed by atoms with van der Waals surface area (Å²) < 4.78 is 0.273. The molecule has 2 aromatic heterocycles. The van der Waals surface area contributed by atoms with Crippen molar-refractivity contribution in [1.82, 2.24) is 30.0 Å². The zero-order chi connectivity index (χ0) is 16.4. The van der Waals surface area contributed by atoms with Gasteiger partial charge >= 0.3 is 6.03 Å². The van der Waals surface area contributed by atoms with Crippen LogP contribution in [-0.4, -0.2) is 36.0 Å². The lowest BCUT2D eigenvalue weighted by atomic mass is 10.1. The van der Waals surface area contributed by atoms with Crippen LogP contribution in [-0.2, 0) is 10.2 Å². The van der Waals surface area contributed by atoms with E-state index in [4.69, 9.17) is 34.8 Å². The molecule has 10 heteroatoms. The largest absolute Gasteiger partial charge is 0.372 e. The van der Waals surface area contributed by atoms with E-state index in [1.807, 2.05) is 30.3 Å². The van der Waals surface area contributed by atoms with Crippen molar-refractivity contribution in [2.24, 2.45) is 0 Å². The fraction of sp³-hybridized carbons (Fsp3) is 0.154. The second-order valence-corrected chi connectivity index (χ2v) is 6.87. The smallest absolute Gasteiger partial charge is 0.243 e. The lowest BCUT2D eigenvalue weighted by Gasteiger charge is -2.11. The number of hydrogen-bond donors (Lipinski definition) is 0. The maximum atomic E-state index is 12.5. The van der Waals surface area contributed by atoms with Crippen LogP contribution in [0.2, 0.25) is 0 Å². The zero-order valence-corrected chi connectivity index (χ0v) is 13.7. The van der Waals surface area contributed by atoms with Crippen LogP contribution in [0, 0.1) is 0 Å². The van der Waals surface area contributed by atoms with Gasteiger partial charge in [0, 0.05) is 6.42 Å². The number of rotatable bonds is 2. The molecule has 3 aromatic rings.